The molecule has 1 aromatic rings. The van der Waals surface area contributed by atoms with Crippen molar-refractivity contribution < 1.29 is 14.3 Å². The van der Waals surface area contributed by atoms with Gasteiger partial charge in [-0.3, -0.25) is 4.79 Å². The zero-order valence-corrected chi connectivity index (χ0v) is 12.8. The molecule has 0 spiro atoms. The summed E-state index contributed by atoms with van der Waals surface area (Å²) in [6, 6.07) is 0. The number of nitrogens with zero attached hydrogens (tertiary/aromatic N) is 1. The summed E-state index contributed by atoms with van der Waals surface area (Å²) in [7, 11) is 0. The number of rotatable bonds is 8. The largest absolute Gasteiger partial charge is 0.480 e. The van der Waals surface area contributed by atoms with Gasteiger partial charge in [-0.05, 0) is 40.2 Å². The molecule has 2 N–H and O–H groups in total. The number of nitrogens with one attached hydrogen (secondary N) is 1. The zero-order chi connectivity index (χ0) is 14.5. The second-order valence-corrected chi connectivity index (χ2v) is 5.79. The first-order valence-electron chi connectivity index (χ1n) is 6.44. The maximum absolute atomic E-state index is 11.2. The fourth-order valence-corrected chi connectivity index (χ4v) is 2.60. The Labute approximate surface area is 118 Å². The number of aliphatic carboxylic acids is 1. The average molecular weight is 286 g/mol. The van der Waals surface area contributed by atoms with Crippen molar-refractivity contribution in [2.45, 2.75) is 51.3 Å². The molecule has 1 rings (SSSR count). The molecule has 0 bridgehead atoms. The predicted octanol–water partition coefficient (Wildman–Crippen LogP) is 2.62. The molecule has 0 aliphatic heterocycles. The van der Waals surface area contributed by atoms with Crippen molar-refractivity contribution in [3.05, 3.63) is 11.5 Å². The third kappa shape index (κ3) is 4.54. The summed E-state index contributed by atoms with van der Waals surface area (Å²) >= 11 is 1.53. The molecule has 0 aromatic carbocycles. The molecule has 0 radical (unpaired) electrons. The summed E-state index contributed by atoms with van der Waals surface area (Å²) in [5.74, 6) is 0.834. The number of likely N-dealkylation sites (N-methyl/N-ethyl adjacent to an activating group) is 1. The summed E-state index contributed by atoms with van der Waals surface area (Å²) in [5.41, 5.74) is 0.0584. The van der Waals surface area contributed by atoms with Crippen molar-refractivity contribution in [1.82, 2.24) is 10.3 Å². The van der Waals surface area contributed by atoms with E-state index in [1.54, 1.807) is 6.92 Å². The van der Waals surface area contributed by atoms with Crippen LogP contribution in [-0.2, 0) is 4.79 Å². The second kappa shape index (κ2) is 6.96. The van der Waals surface area contributed by atoms with Crippen LogP contribution in [0.2, 0.25) is 0 Å². The fourth-order valence-electron chi connectivity index (χ4n) is 1.75. The Kier molecular flexibility index (Phi) is 5.87. The molecule has 0 aliphatic rings. The highest BCUT2D eigenvalue weighted by atomic mass is 32.2. The quantitative estimate of drug-likeness (QED) is 0.565. The maximum Gasteiger partial charge on any atom is 0.323 e. The lowest BCUT2D eigenvalue weighted by Crippen LogP contribution is -2.49. The number of hydrogen-bond acceptors (Lipinski definition) is 5. The first-order valence-corrected chi connectivity index (χ1v) is 7.43. The third-order valence-electron chi connectivity index (χ3n) is 3.09. The van der Waals surface area contributed by atoms with Crippen LogP contribution in [0.25, 0.3) is 0 Å². The highest BCUT2D eigenvalue weighted by Crippen LogP contribution is 2.23. The van der Waals surface area contributed by atoms with Gasteiger partial charge in [0.05, 0.1) is 5.69 Å². The van der Waals surface area contributed by atoms with E-state index in [1.165, 1.54) is 11.8 Å². The van der Waals surface area contributed by atoms with Gasteiger partial charge in [0.25, 0.3) is 5.22 Å². The van der Waals surface area contributed by atoms with Gasteiger partial charge in [-0.15, -0.1) is 0 Å². The van der Waals surface area contributed by atoms with Crippen LogP contribution in [0.4, 0.5) is 0 Å². The van der Waals surface area contributed by atoms with Crippen molar-refractivity contribution in [2.24, 2.45) is 0 Å². The number of carbonyl (C=O) groups is 1. The van der Waals surface area contributed by atoms with Crippen LogP contribution in [0.3, 0.4) is 0 Å². The molecule has 1 aromatic heterocycles. The smallest absolute Gasteiger partial charge is 0.323 e. The Hall–Kier alpha value is -1.01. The van der Waals surface area contributed by atoms with Crippen LogP contribution in [0.5, 0.6) is 0 Å². The predicted molar refractivity (Wildman–Crippen MR) is 75.7 cm³/mol. The lowest BCUT2D eigenvalue weighted by molar-refractivity contribution is -0.144. The van der Waals surface area contributed by atoms with Gasteiger partial charge in [-0.2, -0.15) is 0 Å². The monoisotopic (exact) mass is 286 g/mol. The highest BCUT2D eigenvalue weighted by molar-refractivity contribution is 7.99. The summed E-state index contributed by atoms with van der Waals surface area (Å²) < 4.78 is 5.46. The van der Waals surface area contributed by atoms with E-state index in [2.05, 4.69) is 10.3 Å². The number of oxazole rings is 1. The number of thioether (sulfide) groups is 1. The molecule has 1 unspecified atom stereocenters. The molecule has 0 amide bonds. The van der Waals surface area contributed by atoms with Gasteiger partial charge in [0.15, 0.2) is 0 Å². The van der Waals surface area contributed by atoms with Gasteiger partial charge in [0.2, 0.25) is 0 Å². The van der Waals surface area contributed by atoms with Crippen LogP contribution in [-0.4, -0.2) is 33.9 Å². The van der Waals surface area contributed by atoms with Crippen LogP contribution < -0.4 is 5.32 Å². The summed E-state index contributed by atoms with van der Waals surface area (Å²) in [6.45, 7) is 8.08. The van der Waals surface area contributed by atoms with Gasteiger partial charge in [0.1, 0.15) is 11.3 Å². The summed E-state index contributed by atoms with van der Waals surface area (Å²) in [6.07, 6.45) is 1.38. The standard InChI is InChI=1S/C13H22N2O3S/c1-5-14-13(4,11(16)17)7-6-8-19-12-15-9(2)10(3)18-12/h14H,5-8H2,1-4H3,(H,16,17). The van der Waals surface area contributed by atoms with Crippen LogP contribution >= 0.6 is 11.8 Å². The van der Waals surface area contributed by atoms with Crippen molar-refractivity contribution >= 4 is 17.7 Å². The minimum Gasteiger partial charge on any atom is -0.480 e. The van der Waals surface area contributed by atoms with Gasteiger partial charge in [-0.25, -0.2) is 4.98 Å². The van der Waals surface area contributed by atoms with Gasteiger partial charge in [-0.1, -0.05) is 18.7 Å². The molecule has 0 aliphatic carbocycles. The van der Waals surface area contributed by atoms with Crippen LogP contribution in [0.15, 0.2) is 9.64 Å². The molecule has 5 nitrogen and oxygen atoms in total. The van der Waals surface area contributed by atoms with Crippen LogP contribution in [0.1, 0.15) is 38.1 Å². The lowest BCUT2D eigenvalue weighted by atomic mass is 9.96. The number of hydrogen-bond donors (Lipinski definition) is 2. The third-order valence-corrected chi connectivity index (χ3v) is 4.01. The van der Waals surface area contributed by atoms with E-state index < -0.39 is 11.5 Å². The fraction of sp³-hybridized carbons (Fsp3) is 0.692. The van der Waals surface area contributed by atoms with E-state index in [4.69, 9.17) is 4.42 Å². The molecule has 19 heavy (non-hydrogen) atoms. The molecule has 1 heterocycles. The Morgan fingerprint density at radius 2 is 2.21 bits per heavy atom. The highest BCUT2D eigenvalue weighted by Gasteiger charge is 2.31. The van der Waals surface area contributed by atoms with E-state index in [-0.39, 0.29) is 0 Å². The Morgan fingerprint density at radius 1 is 1.53 bits per heavy atom. The molecular formula is C13H22N2O3S. The molecule has 6 heteroatoms. The van der Waals surface area contributed by atoms with Crippen molar-refractivity contribution in [2.75, 3.05) is 12.3 Å². The second-order valence-electron chi connectivity index (χ2n) is 4.74. The lowest BCUT2D eigenvalue weighted by Gasteiger charge is -2.25. The molecular weight excluding hydrogens is 264 g/mol. The first-order chi connectivity index (χ1) is 8.89. The van der Waals surface area contributed by atoms with Crippen molar-refractivity contribution in [1.29, 1.82) is 0 Å². The molecule has 0 saturated heterocycles. The minimum absolute atomic E-state index is 0.585. The van der Waals surface area contributed by atoms with Gasteiger partial charge in [0, 0.05) is 5.75 Å². The number of carboxylic acids is 1. The van der Waals surface area contributed by atoms with Gasteiger partial charge < -0.3 is 14.8 Å². The molecule has 108 valence electrons. The van der Waals surface area contributed by atoms with E-state index in [0.29, 0.717) is 18.2 Å². The topological polar surface area (TPSA) is 75.4 Å². The molecule has 1 atom stereocenters. The SMILES string of the molecule is CCNC(C)(CCCSc1nc(C)c(C)o1)C(=O)O. The number of aromatic nitrogens is 1. The van der Waals surface area contributed by atoms with E-state index in [1.807, 2.05) is 20.8 Å². The molecule has 0 saturated carbocycles. The maximum atomic E-state index is 11.2. The number of carboxylic acid groups (broad SMARTS) is 1. The first kappa shape index (κ1) is 16.0. The number of aryl methyl sites for hydroxylation is 2. The normalized spacial score (nSPS) is 14.3. The Balaban J connectivity index is 2.39. The van der Waals surface area contributed by atoms with Crippen LogP contribution in [0, 0.1) is 13.8 Å². The Morgan fingerprint density at radius 3 is 2.68 bits per heavy atom. The average Bonchev–Trinajstić information content (AvgIpc) is 2.65. The van der Waals surface area contributed by atoms with Crippen molar-refractivity contribution in [3.63, 3.8) is 0 Å². The summed E-state index contributed by atoms with van der Waals surface area (Å²) in [5, 5.41) is 12.9. The zero-order valence-electron chi connectivity index (χ0n) is 11.9. The van der Waals surface area contributed by atoms with E-state index in [0.717, 1.165) is 23.6 Å². The molecule has 0 fully saturated rings. The summed E-state index contributed by atoms with van der Waals surface area (Å²) in [4.78, 5) is 15.5. The van der Waals surface area contributed by atoms with E-state index in [9.17, 15) is 9.90 Å². The minimum atomic E-state index is -0.849. The van der Waals surface area contributed by atoms with Crippen molar-refractivity contribution in [3.8, 4) is 0 Å². The van der Waals surface area contributed by atoms with Gasteiger partial charge >= 0.3 is 5.97 Å². The van der Waals surface area contributed by atoms with E-state index >= 15 is 0 Å². The Bertz CT molecular complexity index is 414.